The van der Waals surface area contributed by atoms with E-state index < -0.39 is 0 Å². The minimum Gasteiger partial charge on any atom is -0.497 e. The number of amides is 1. The molecule has 1 aromatic heterocycles. The number of fused-ring (bicyclic) bond motifs is 1. The van der Waals surface area contributed by atoms with Gasteiger partial charge in [0.1, 0.15) is 5.75 Å². The van der Waals surface area contributed by atoms with Gasteiger partial charge in [0.25, 0.3) is 5.91 Å². The second kappa shape index (κ2) is 6.63. The van der Waals surface area contributed by atoms with Gasteiger partial charge in [0.05, 0.1) is 13.7 Å². The zero-order chi connectivity index (χ0) is 18.1. The largest absolute Gasteiger partial charge is 0.497 e. The normalized spacial score (nSPS) is 13.4. The van der Waals surface area contributed by atoms with Crippen LogP contribution in [0.5, 0.6) is 5.75 Å². The lowest BCUT2D eigenvalue weighted by Crippen LogP contribution is -2.38. The van der Waals surface area contributed by atoms with E-state index in [2.05, 4.69) is 14.8 Å². The summed E-state index contributed by atoms with van der Waals surface area (Å²) in [6.45, 7) is 3.75. The third-order valence-electron chi connectivity index (χ3n) is 4.76. The first-order chi connectivity index (χ1) is 12.7. The molecule has 0 fully saturated rings. The van der Waals surface area contributed by atoms with Crippen molar-refractivity contribution >= 4 is 5.91 Å². The molecule has 0 spiro atoms. The van der Waals surface area contributed by atoms with Crippen molar-refractivity contribution in [1.82, 2.24) is 19.7 Å². The maximum absolute atomic E-state index is 12.8. The van der Waals surface area contributed by atoms with Gasteiger partial charge in [0, 0.05) is 24.2 Å². The van der Waals surface area contributed by atoms with Gasteiger partial charge < -0.3 is 14.2 Å². The van der Waals surface area contributed by atoms with E-state index >= 15 is 0 Å². The Hall–Kier alpha value is -3.15. The van der Waals surface area contributed by atoms with Crippen LogP contribution in [0.25, 0.3) is 11.4 Å². The van der Waals surface area contributed by atoms with Crippen molar-refractivity contribution in [1.29, 1.82) is 0 Å². The van der Waals surface area contributed by atoms with Crippen molar-refractivity contribution in [2.75, 3.05) is 13.7 Å². The van der Waals surface area contributed by atoms with E-state index in [0.29, 0.717) is 19.6 Å². The van der Waals surface area contributed by atoms with E-state index in [1.807, 2.05) is 60.4 Å². The van der Waals surface area contributed by atoms with Crippen molar-refractivity contribution in [3.63, 3.8) is 0 Å². The van der Waals surface area contributed by atoms with Crippen LogP contribution in [0.4, 0.5) is 0 Å². The van der Waals surface area contributed by atoms with Crippen molar-refractivity contribution in [2.45, 2.75) is 20.0 Å². The Morgan fingerprint density at radius 1 is 1.04 bits per heavy atom. The zero-order valence-electron chi connectivity index (χ0n) is 14.8. The van der Waals surface area contributed by atoms with Crippen LogP contribution in [-0.4, -0.2) is 39.2 Å². The zero-order valence-corrected chi connectivity index (χ0v) is 14.8. The van der Waals surface area contributed by atoms with Crippen LogP contribution in [0.3, 0.4) is 0 Å². The van der Waals surface area contributed by atoms with E-state index in [1.165, 1.54) is 0 Å². The highest BCUT2D eigenvalue weighted by Crippen LogP contribution is 2.24. The van der Waals surface area contributed by atoms with Crippen LogP contribution in [0.15, 0.2) is 48.5 Å². The first-order valence-corrected chi connectivity index (χ1v) is 8.59. The van der Waals surface area contributed by atoms with Gasteiger partial charge in [-0.3, -0.25) is 4.79 Å². The first kappa shape index (κ1) is 16.3. The molecule has 1 aliphatic heterocycles. The highest BCUT2D eigenvalue weighted by Gasteiger charge is 2.26. The van der Waals surface area contributed by atoms with Crippen LogP contribution < -0.4 is 4.74 Å². The van der Waals surface area contributed by atoms with Gasteiger partial charge in [-0.25, -0.2) is 0 Å². The predicted octanol–water partition coefficient (Wildman–Crippen LogP) is 2.92. The second-order valence-electron chi connectivity index (χ2n) is 6.36. The average Bonchev–Trinajstić information content (AvgIpc) is 3.11. The molecule has 0 N–H and O–H groups in total. The molecule has 2 aromatic carbocycles. The van der Waals surface area contributed by atoms with Gasteiger partial charge in [-0.1, -0.05) is 18.2 Å². The molecule has 6 nitrogen and oxygen atoms in total. The molecule has 0 unspecified atom stereocenters. The number of ether oxygens (including phenoxy) is 1. The standard InChI is InChI=1S/C20H20N4O2/c1-14-5-3-4-6-17(14)20(25)23-11-12-24-18(13-23)21-22-19(24)15-7-9-16(26-2)10-8-15/h3-10H,11-13H2,1-2H3. The number of hydrogen-bond acceptors (Lipinski definition) is 4. The van der Waals surface area contributed by atoms with Crippen LogP contribution >= 0.6 is 0 Å². The van der Waals surface area contributed by atoms with Gasteiger partial charge in [-0.15, -0.1) is 10.2 Å². The molecule has 26 heavy (non-hydrogen) atoms. The van der Waals surface area contributed by atoms with Gasteiger partial charge in [-0.05, 0) is 42.8 Å². The number of carbonyl (C=O) groups excluding carboxylic acids is 1. The van der Waals surface area contributed by atoms with Crippen LogP contribution in [-0.2, 0) is 13.1 Å². The summed E-state index contributed by atoms with van der Waals surface area (Å²) in [4.78, 5) is 14.7. The lowest BCUT2D eigenvalue weighted by Gasteiger charge is -2.28. The van der Waals surface area contributed by atoms with Crippen LogP contribution in [0, 0.1) is 6.92 Å². The molecule has 1 amide bonds. The molecule has 0 atom stereocenters. The molecule has 6 heteroatoms. The molecule has 0 radical (unpaired) electrons. The number of aromatic nitrogens is 3. The van der Waals surface area contributed by atoms with Gasteiger partial charge >= 0.3 is 0 Å². The van der Waals surface area contributed by atoms with Crippen molar-refractivity contribution < 1.29 is 9.53 Å². The number of rotatable bonds is 3. The third-order valence-corrected chi connectivity index (χ3v) is 4.76. The third kappa shape index (κ3) is 2.83. The molecule has 3 aromatic rings. The number of aryl methyl sites for hydroxylation is 1. The van der Waals surface area contributed by atoms with Crippen molar-refractivity contribution in [2.24, 2.45) is 0 Å². The fourth-order valence-corrected chi connectivity index (χ4v) is 3.27. The fraction of sp³-hybridized carbons (Fsp3) is 0.250. The molecule has 0 saturated heterocycles. The maximum atomic E-state index is 12.8. The summed E-state index contributed by atoms with van der Waals surface area (Å²) in [6, 6.07) is 15.4. The molecule has 132 valence electrons. The highest BCUT2D eigenvalue weighted by molar-refractivity contribution is 5.95. The Kier molecular flexibility index (Phi) is 4.16. The summed E-state index contributed by atoms with van der Waals surface area (Å²) >= 11 is 0. The molecular formula is C20H20N4O2. The van der Waals surface area contributed by atoms with Gasteiger partial charge in [0.15, 0.2) is 11.6 Å². The van der Waals surface area contributed by atoms with Crippen molar-refractivity contribution in [3.8, 4) is 17.1 Å². The first-order valence-electron chi connectivity index (χ1n) is 8.59. The summed E-state index contributed by atoms with van der Waals surface area (Å²) < 4.78 is 7.29. The highest BCUT2D eigenvalue weighted by atomic mass is 16.5. The van der Waals surface area contributed by atoms with Crippen LogP contribution in [0.1, 0.15) is 21.7 Å². The Morgan fingerprint density at radius 3 is 2.54 bits per heavy atom. The Balaban J connectivity index is 1.58. The molecule has 0 bridgehead atoms. The average molecular weight is 348 g/mol. The van der Waals surface area contributed by atoms with E-state index in [-0.39, 0.29) is 5.91 Å². The fourth-order valence-electron chi connectivity index (χ4n) is 3.27. The Labute approximate surface area is 152 Å². The summed E-state index contributed by atoms with van der Waals surface area (Å²) in [5, 5.41) is 8.65. The summed E-state index contributed by atoms with van der Waals surface area (Å²) in [6.07, 6.45) is 0. The van der Waals surface area contributed by atoms with Crippen LogP contribution in [0.2, 0.25) is 0 Å². The van der Waals surface area contributed by atoms with Crippen molar-refractivity contribution in [3.05, 3.63) is 65.5 Å². The van der Waals surface area contributed by atoms with E-state index in [1.54, 1.807) is 7.11 Å². The quantitative estimate of drug-likeness (QED) is 0.730. The van der Waals surface area contributed by atoms with E-state index in [9.17, 15) is 4.79 Å². The minimum atomic E-state index is 0.0448. The molecule has 1 aliphatic rings. The SMILES string of the molecule is COc1ccc(-c2nnc3n2CCN(C(=O)c2ccccc2C)C3)cc1. The Bertz CT molecular complexity index is 947. The lowest BCUT2D eigenvalue weighted by molar-refractivity contribution is 0.0707. The summed E-state index contributed by atoms with van der Waals surface area (Å²) in [5.41, 5.74) is 2.72. The predicted molar refractivity (Wildman–Crippen MR) is 97.9 cm³/mol. The van der Waals surface area contributed by atoms with E-state index in [0.717, 1.165) is 34.1 Å². The number of benzene rings is 2. The number of methoxy groups -OCH3 is 1. The topological polar surface area (TPSA) is 60.3 Å². The van der Waals surface area contributed by atoms with Gasteiger partial charge in [-0.2, -0.15) is 0 Å². The molecule has 4 rings (SSSR count). The monoisotopic (exact) mass is 348 g/mol. The lowest BCUT2D eigenvalue weighted by atomic mass is 10.1. The maximum Gasteiger partial charge on any atom is 0.254 e. The summed E-state index contributed by atoms with van der Waals surface area (Å²) in [7, 11) is 1.65. The molecule has 0 aliphatic carbocycles. The number of hydrogen-bond donors (Lipinski definition) is 0. The second-order valence-corrected chi connectivity index (χ2v) is 6.36. The van der Waals surface area contributed by atoms with E-state index in [4.69, 9.17) is 4.74 Å². The molecule has 2 heterocycles. The smallest absolute Gasteiger partial charge is 0.254 e. The Morgan fingerprint density at radius 2 is 1.81 bits per heavy atom. The molecular weight excluding hydrogens is 328 g/mol. The summed E-state index contributed by atoms with van der Waals surface area (Å²) in [5.74, 6) is 2.49. The number of carbonyl (C=O) groups is 1. The minimum absolute atomic E-state index is 0.0448. The van der Waals surface area contributed by atoms with Gasteiger partial charge in [0.2, 0.25) is 0 Å². The molecule has 0 saturated carbocycles. The number of nitrogens with zero attached hydrogens (tertiary/aromatic N) is 4.